The molecule has 0 aliphatic rings. The molecule has 5 heteroatoms. The molecule has 3 aromatic rings. The highest BCUT2D eigenvalue weighted by Crippen LogP contribution is 2.21. The summed E-state index contributed by atoms with van der Waals surface area (Å²) in [6.45, 7) is 6.70. The monoisotopic (exact) mass is 407 g/mol. The van der Waals surface area contributed by atoms with E-state index in [1.807, 2.05) is 36.4 Å². The maximum Gasteiger partial charge on any atom is 0.245 e. The van der Waals surface area contributed by atoms with Crippen LogP contribution in [0.3, 0.4) is 0 Å². The molecule has 0 aliphatic carbocycles. The van der Waals surface area contributed by atoms with Crippen LogP contribution in [-0.2, 0) is 29.5 Å². The van der Waals surface area contributed by atoms with Crippen molar-refractivity contribution in [3.8, 4) is 0 Å². The molecule has 0 unspecified atom stereocenters. The Balaban J connectivity index is 1.88. The van der Waals surface area contributed by atoms with Crippen LogP contribution < -0.4 is 0 Å². The summed E-state index contributed by atoms with van der Waals surface area (Å²) in [5, 5.41) is 0. The lowest BCUT2D eigenvalue weighted by molar-refractivity contribution is 0.401. The molecule has 0 saturated carbocycles. The SMILES string of the molecule is [CH2]c1cccc(CN(Cc2ccc(CCCC)cc2)S(=O)(=O)c2cccnc2)c1. The maximum atomic E-state index is 13.3. The third-order valence-electron chi connectivity index (χ3n) is 4.82. The highest BCUT2D eigenvalue weighted by Gasteiger charge is 2.25. The molecule has 3 rings (SSSR count). The first-order valence-corrected chi connectivity index (χ1v) is 11.3. The molecule has 29 heavy (non-hydrogen) atoms. The van der Waals surface area contributed by atoms with E-state index in [1.54, 1.807) is 18.3 Å². The van der Waals surface area contributed by atoms with Crippen LogP contribution in [0.2, 0.25) is 0 Å². The second kappa shape index (κ2) is 9.81. The number of aromatic nitrogens is 1. The van der Waals surface area contributed by atoms with Gasteiger partial charge < -0.3 is 0 Å². The topological polar surface area (TPSA) is 50.3 Å². The molecule has 0 aliphatic heterocycles. The van der Waals surface area contributed by atoms with Crippen LogP contribution >= 0.6 is 0 Å². The molecular weight excluding hydrogens is 380 g/mol. The van der Waals surface area contributed by atoms with Gasteiger partial charge in [-0.2, -0.15) is 4.31 Å². The lowest BCUT2D eigenvalue weighted by atomic mass is 10.1. The van der Waals surface area contributed by atoms with Gasteiger partial charge in [0.2, 0.25) is 10.0 Å². The van der Waals surface area contributed by atoms with Gasteiger partial charge in [0.25, 0.3) is 0 Å². The molecule has 0 atom stereocenters. The van der Waals surface area contributed by atoms with Gasteiger partial charge in [-0.05, 0) is 54.2 Å². The van der Waals surface area contributed by atoms with Crippen molar-refractivity contribution in [3.05, 3.63) is 102 Å². The minimum Gasteiger partial charge on any atom is -0.263 e. The van der Waals surface area contributed by atoms with Gasteiger partial charge >= 0.3 is 0 Å². The first kappa shape index (κ1) is 21.2. The fraction of sp³-hybridized carbons (Fsp3) is 0.250. The number of hydrogen-bond acceptors (Lipinski definition) is 3. The van der Waals surface area contributed by atoms with E-state index in [-0.39, 0.29) is 11.4 Å². The summed E-state index contributed by atoms with van der Waals surface area (Å²) in [7, 11) is -3.68. The number of hydrogen-bond donors (Lipinski definition) is 0. The molecule has 4 nitrogen and oxygen atoms in total. The third kappa shape index (κ3) is 5.75. The first-order chi connectivity index (χ1) is 14.0. The van der Waals surface area contributed by atoms with Crippen LogP contribution in [0.15, 0.2) is 78.0 Å². The average molecular weight is 408 g/mol. The number of aryl methyl sites for hydroxylation is 1. The van der Waals surface area contributed by atoms with Crippen LogP contribution in [0.5, 0.6) is 0 Å². The average Bonchev–Trinajstić information content (AvgIpc) is 2.73. The van der Waals surface area contributed by atoms with Crippen molar-refractivity contribution in [1.82, 2.24) is 9.29 Å². The molecule has 0 bridgehead atoms. The Bertz CT molecular complexity index is 1020. The van der Waals surface area contributed by atoms with Crippen LogP contribution in [-0.4, -0.2) is 17.7 Å². The zero-order valence-corrected chi connectivity index (χ0v) is 17.6. The largest absolute Gasteiger partial charge is 0.263 e. The Hall–Kier alpha value is -2.50. The number of unbranched alkanes of at least 4 members (excludes halogenated alkanes) is 1. The molecule has 0 spiro atoms. The molecule has 1 radical (unpaired) electrons. The highest BCUT2D eigenvalue weighted by molar-refractivity contribution is 7.89. The van der Waals surface area contributed by atoms with Gasteiger partial charge in [-0.3, -0.25) is 4.98 Å². The fourth-order valence-electron chi connectivity index (χ4n) is 3.20. The van der Waals surface area contributed by atoms with Gasteiger partial charge in [-0.25, -0.2) is 8.42 Å². The first-order valence-electron chi connectivity index (χ1n) is 9.88. The normalized spacial score (nSPS) is 11.7. The number of nitrogens with zero attached hydrogens (tertiary/aromatic N) is 2. The summed E-state index contributed by atoms with van der Waals surface area (Å²) >= 11 is 0. The van der Waals surface area contributed by atoms with Crippen molar-refractivity contribution in [1.29, 1.82) is 0 Å². The summed E-state index contributed by atoms with van der Waals surface area (Å²) in [6.07, 6.45) is 6.33. The van der Waals surface area contributed by atoms with Crippen molar-refractivity contribution in [3.63, 3.8) is 0 Å². The van der Waals surface area contributed by atoms with E-state index in [0.29, 0.717) is 6.54 Å². The molecule has 1 aromatic heterocycles. The van der Waals surface area contributed by atoms with Crippen LogP contribution in [0.4, 0.5) is 0 Å². The van der Waals surface area contributed by atoms with E-state index in [2.05, 4.69) is 31.0 Å². The van der Waals surface area contributed by atoms with Crippen molar-refractivity contribution >= 4 is 10.0 Å². The minimum atomic E-state index is -3.68. The molecular formula is C24H27N2O2S. The standard InChI is InChI=1S/C24H27N2O2S/c1-3-4-8-21-11-13-22(14-12-21)18-26(19-23-9-5-7-20(2)16-23)29(27,28)24-10-6-15-25-17-24/h5-7,9-17H,2-4,8,18-19H2,1H3. The molecule has 151 valence electrons. The Morgan fingerprint density at radius 1 is 0.931 bits per heavy atom. The Morgan fingerprint density at radius 3 is 2.31 bits per heavy atom. The Labute approximate surface area is 174 Å². The lowest BCUT2D eigenvalue weighted by Gasteiger charge is -2.23. The van der Waals surface area contributed by atoms with Gasteiger partial charge in [0.1, 0.15) is 4.90 Å². The molecule has 0 amide bonds. The van der Waals surface area contributed by atoms with Crippen LogP contribution in [0, 0.1) is 6.92 Å². The zero-order chi connectivity index (χ0) is 20.7. The summed E-state index contributed by atoms with van der Waals surface area (Å²) in [6, 6.07) is 19.1. The van der Waals surface area contributed by atoms with Crippen LogP contribution in [0.25, 0.3) is 0 Å². The zero-order valence-electron chi connectivity index (χ0n) is 16.8. The Morgan fingerprint density at radius 2 is 1.66 bits per heavy atom. The quantitative estimate of drug-likeness (QED) is 0.502. The molecule has 0 N–H and O–H groups in total. The second-order valence-electron chi connectivity index (χ2n) is 7.20. The van der Waals surface area contributed by atoms with Gasteiger partial charge in [-0.15, -0.1) is 0 Å². The summed E-state index contributed by atoms with van der Waals surface area (Å²) in [4.78, 5) is 4.19. The van der Waals surface area contributed by atoms with E-state index in [1.165, 1.54) is 16.1 Å². The van der Waals surface area contributed by atoms with E-state index >= 15 is 0 Å². The van der Waals surface area contributed by atoms with Gasteiger partial charge in [0.15, 0.2) is 0 Å². The lowest BCUT2D eigenvalue weighted by Crippen LogP contribution is -2.30. The number of sulfonamides is 1. The van der Waals surface area contributed by atoms with Crippen molar-refractivity contribution in [2.24, 2.45) is 0 Å². The van der Waals surface area contributed by atoms with Crippen LogP contribution in [0.1, 0.15) is 42.0 Å². The molecule has 2 aromatic carbocycles. The predicted molar refractivity (Wildman–Crippen MR) is 117 cm³/mol. The Kier molecular flexibility index (Phi) is 7.18. The smallest absolute Gasteiger partial charge is 0.245 e. The van der Waals surface area contributed by atoms with E-state index in [0.717, 1.165) is 36.0 Å². The van der Waals surface area contributed by atoms with E-state index in [4.69, 9.17) is 0 Å². The number of pyridine rings is 1. The minimum absolute atomic E-state index is 0.199. The van der Waals surface area contributed by atoms with Gasteiger partial charge in [0.05, 0.1) is 0 Å². The van der Waals surface area contributed by atoms with Gasteiger partial charge in [-0.1, -0.05) is 61.9 Å². The second-order valence-corrected chi connectivity index (χ2v) is 9.14. The molecule has 0 saturated heterocycles. The van der Waals surface area contributed by atoms with Gasteiger partial charge in [0, 0.05) is 25.5 Å². The molecule has 1 heterocycles. The predicted octanol–water partition coefficient (Wildman–Crippen LogP) is 5.00. The maximum absolute atomic E-state index is 13.3. The third-order valence-corrected chi connectivity index (χ3v) is 6.60. The summed E-state index contributed by atoms with van der Waals surface area (Å²) < 4.78 is 28.1. The van der Waals surface area contributed by atoms with Crippen molar-refractivity contribution < 1.29 is 8.42 Å². The van der Waals surface area contributed by atoms with Crippen molar-refractivity contribution in [2.45, 2.75) is 44.2 Å². The van der Waals surface area contributed by atoms with E-state index in [9.17, 15) is 8.42 Å². The summed E-state index contributed by atoms with van der Waals surface area (Å²) in [5.74, 6) is 0. The number of benzene rings is 2. The van der Waals surface area contributed by atoms with Crippen molar-refractivity contribution in [2.75, 3.05) is 0 Å². The summed E-state index contributed by atoms with van der Waals surface area (Å²) in [5.41, 5.74) is 4.01. The molecule has 0 fully saturated rings. The highest BCUT2D eigenvalue weighted by atomic mass is 32.2. The fourth-order valence-corrected chi connectivity index (χ4v) is 4.58. The van der Waals surface area contributed by atoms with E-state index < -0.39 is 10.0 Å². The number of rotatable bonds is 9.